The van der Waals surface area contributed by atoms with Crippen LogP contribution in [-0.4, -0.2) is 29.0 Å². The van der Waals surface area contributed by atoms with Gasteiger partial charge in [0.25, 0.3) is 5.56 Å². The second kappa shape index (κ2) is 4.14. The van der Waals surface area contributed by atoms with Gasteiger partial charge in [0.15, 0.2) is 0 Å². The molecule has 2 rings (SSSR count). The van der Waals surface area contributed by atoms with Crippen LogP contribution in [0.3, 0.4) is 0 Å². The number of hydrogen-bond donors (Lipinski definition) is 1. The number of nitrogens with zero attached hydrogens (tertiary/aromatic N) is 2. The van der Waals surface area contributed by atoms with Gasteiger partial charge in [0.2, 0.25) is 0 Å². The Bertz CT molecular complexity index is 409. The van der Waals surface area contributed by atoms with E-state index in [0.29, 0.717) is 6.54 Å². The molecule has 0 bridgehead atoms. The highest BCUT2D eigenvalue weighted by atomic mass is 16.1. The minimum Gasteiger partial charge on any atom is -0.309 e. The highest BCUT2D eigenvalue weighted by Gasteiger charge is 2.15. The van der Waals surface area contributed by atoms with Crippen LogP contribution < -0.4 is 5.56 Å². The van der Waals surface area contributed by atoms with Gasteiger partial charge in [-0.05, 0) is 39.8 Å². The quantitative estimate of drug-likeness (QED) is 0.777. The first-order chi connectivity index (χ1) is 7.16. The van der Waals surface area contributed by atoms with Gasteiger partial charge in [0.1, 0.15) is 5.82 Å². The lowest BCUT2D eigenvalue weighted by molar-refractivity contribution is 0.388. The largest absolute Gasteiger partial charge is 0.309 e. The summed E-state index contributed by atoms with van der Waals surface area (Å²) in [6.45, 7) is 0.697. The summed E-state index contributed by atoms with van der Waals surface area (Å²) in [7, 11) is 3.94. The Morgan fingerprint density at radius 2 is 2.07 bits per heavy atom. The van der Waals surface area contributed by atoms with E-state index in [1.807, 2.05) is 19.0 Å². The average molecular weight is 207 g/mol. The lowest BCUT2D eigenvalue weighted by Gasteiger charge is -2.15. The SMILES string of the molecule is CN(C)Cc1nc2c(c(=O)[nH]1)CCCC2. The smallest absolute Gasteiger partial charge is 0.254 e. The van der Waals surface area contributed by atoms with Crippen molar-refractivity contribution in [3.8, 4) is 0 Å². The third-order valence-corrected chi connectivity index (χ3v) is 2.71. The fourth-order valence-electron chi connectivity index (χ4n) is 2.03. The lowest BCUT2D eigenvalue weighted by atomic mass is 9.97. The number of rotatable bonds is 2. The van der Waals surface area contributed by atoms with Gasteiger partial charge < -0.3 is 9.88 Å². The van der Waals surface area contributed by atoms with E-state index in [2.05, 4.69) is 9.97 Å². The van der Waals surface area contributed by atoms with E-state index in [1.165, 1.54) is 0 Å². The Kier molecular flexibility index (Phi) is 2.86. The molecule has 1 aliphatic rings. The lowest BCUT2D eigenvalue weighted by Crippen LogP contribution is -2.25. The van der Waals surface area contributed by atoms with Crippen LogP contribution in [0.2, 0.25) is 0 Å². The minimum absolute atomic E-state index is 0.0663. The molecule has 0 aliphatic heterocycles. The predicted molar refractivity (Wildman–Crippen MR) is 58.9 cm³/mol. The van der Waals surface area contributed by atoms with E-state index in [4.69, 9.17) is 0 Å². The topological polar surface area (TPSA) is 49.0 Å². The number of H-pyrrole nitrogens is 1. The van der Waals surface area contributed by atoms with Crippen LogP contribution in [0.4, 0.5) is 0 Å². The number of nitrogens with one attached hydrogen (secondary N) is 1. The maximum atomic E-state index is 11.8. The molecule has 0 aromatic carbocycles. The van der Waals surface area contributed by atoms with E-state index in [9.17, 15) is 4.79 Å². The third kappa shape index (κ3) is 2.26. The van der Waals surface area contributed by atoms with E-state index in [1.54, 1.807) is 0 Å². The van der Waals surface area contributed by atoms with Crippen molar-refractivity contribution in [2.75, 3.05) is 14.1 Å². The first-order valence-corrected chi connectivity index (χ1v) is 5.42. The Balaban J connectivity index is 2.36. The summed E-state index contributed by atoms with van der Waals surface area (Å²) >= 11 is 0. The molecule has 1 aliphatic carbocycles. The summed E-state index contributed by atoms with van der Waals surface area (Å²) in [4.78, 5) is 21.1. The number of hydrogen-bond acceptors (Lipinski definition) is 3. The molecule has 0 radical (unpaired) electrons. The van der Waals surface area contributed by atoms with Crippen LogP contribution in [0.15, 0.2) is 4.79 Å². The number of aryl methyl sites for hydroxylation is 1. The molecule has 4 heteroatoms. The normalized spacial score (nSPS) is 15.4. The fraction of sp³-hybridized carbons (Fsp3) is 0.636. The molecule has 1 heterocycles. The number of fused-ring (bicyclic) bond motifs is 1. The highest BCUT2D eigenvalue weighted by molar-refractivity contribution is 5.20. The minimum atomic E-state index is 0.0663. The van der Waals surface area contributed by atoms with E-state index in [0.717, 1.165) is 42.8 Å². The van der Waals surface area contributed by atoms with Gasteiger partial charge in [-0.2, -0.15) is 0 Å². The Hall–Kier alpha value is -1.16. The standard InChI is InChI=1S/C11H17N3O/c1-14(2)7-10-12-9-6-4-3-5-8(9)11(15)13-10/h3-7H2,1-2H3,(H,12,13,15). The van der Waals surface area contributed by atoms with Gasteiger partial charge >= 0.3 is 0 Å². The molecule has 4 nitrogen and oxygen atoms in total. The van der Waals surface area contributed by atoms with Crippen molar-refractivity contribution in [3.05, 3.63) is 27.4 Å². The maximum Gasteiger partial charge on any atom is 0.254 e. The first-order valence-electron chi connectivity index (χ1n) is 5.42. The van der Waals surface area contributed by atoms with Gasteiger partial charge in [-0.3, -0.25) is 4.79 Å². The van der Waals surface area contributed by atoms with E-state index in [-0.39, 0.29) is 5.56 Å². The van der Waals surface area contributed by atoms with E-state index < -0.39 is 0 Å². The Morgan fingerprint density at radius 3 is 2.80 bits per heavy atom. The molecule has 0 unspecified atom stereocenters. The zero-order valence-corrected chi connectivity index (χ0v) is 9.34. The summed E-state index contributed by atoms with van der Waals surface area (Å²) in [5.41, 5.74) is 1.99. The molecule has 15 heavy (non-hydrogen) atoms. The molecule has 1 aromatic heterocycles. The monoisotopic (exact) mass is 207 g/mol. The molecular weight excluding hydrogens is 190 g/mol. The molecule has 0 amide bonds. The zero-order valence-electron chi connectivity index (χ0n) is 9.34. The Morgan fingerprint density at radius 1 is 1.33 bits per heavy atom. The van der Waals surface area contributed by atoms with Gasteiger partial charge in [0.05, 0.1) is 12.2 Å². The summed E-state index contributed by atoms with van der Waals surface area (Å²) in [6, 6.07) is 0. The summed E-state index contributed by atoms with van der Waals surface area (Å²) in [6.07, 6.45) is 4.12. The second-order valence-corrected chi connectivity index (χ2v) is 4.38. The molecule has 0 atom stereocenters. The van der Waals surface area contributed by atoms with Gasteiger partial charge in [0, 0.05) is 5.56 Å². The zero-order chi connectivity index (χ0) is 10.8. The average Bonchev–Trinajstić information content (AvgIpc) is 2.16. The third-order valence-electron chi connectivity index (χ3n) is 2.71. The molecule has 0 saturated carbocycles. The van der Waals surface area contributed by atoms with Gasteiger partial charge in [-0.1, -0.05) is 0 Å². The molecule has 1 N–H and O–H groups in total. The van der Waals surface area contributed by atoms with Crippen molar-refractivity contribution in [2.45, 2.75) is 32.2 Å². The van der Waals surface area contributed by atoms with Gasteiger partial charge in [-0.15, -0.1) is 0 Å². The van der Waals surface area contributed by atoms with Crippen LogP contribution in [-0.2, 0) is 19.4 Å². The van der Waals surface area contributed by atoms with Crippen LogP contribution >= 0.6 is 0 Å². The number of aromatic nitrogens is 2. The molecule has 1 aromatic rings. The Labute approximate surface area is 89.3 Å². The summed E-state index contributed by atoms with van der Waals surface area (Å²) in [5.74, 6) is 0.783. The molecule has 0 fully saturated rings. The van der Waals surface area contributed by atoms with Crippen LogP contribution in [0.25, 0.3) is 0 Å². The van der Waals surface area contributed by atoms with Crippen molar-refractivity contribution in [1.29, 1.82) is 0 Å². The first kappa shape index (κ1) is 10.4. The molecular formula is C11H17N3O. The van der Waals surface area contributed by atoms with E-state index >= 15 is 0 Å². The van der Waals surface area contributed by atoms with Crippen molar-refractivity contribution in [3.63, 3.8) is 0 Å². The van der Waals surface area contributed by atoms with Crippen molar-refractivity contribution in [2.24, 2.45) is 0 Å². The van der Waals surface area contributed by atoms with Crippen LogP contribution in [0.1, 0.15) is 29.9 Å². The van der Waals surface area contributed by atoms with Crippen molar-refractivity contribution < 1.29 is 0 Å². The van der Waals surface area contributed by atoms with Crippen molar-refractivity contribution in [1.82, 2.24) is 14.9 Å². The molecule has 0 saturated heterocycles. The molecule has 82 valence electrons. The highest BCUT2D eigenvalue weighted by Crippen LogP contribution is 2.15. The maximum absolute atomic E-state index is 11.8. The summed E-state index contributed by atoms with van der Waals surface area (Å²) < 4.78 is 0. The van der Waals surface area contributed by atoms with Crippen LogP contribution in [0, 0.1) is 0 Å². The fourth-order valence-corrected chi connectivity index (χ4v) is 2.03. The number of aromatic amines is 1. The predicted octanol–water partition coefficient (Wildman–Crippen LogP) is 0.710. The second-order valence-electron chi connectivity index (χ2n) is 4.38. The van der Waals surface area contributed by atoms with Crippen LogP contribution in [0.5, 0.6) is 0 Å². The summed E-state index contributed by atoms with van der Waals surface area (Å²) in [5, 5.41) is 0. The van der Waals surface area contributed by atoms with Gasteiger partial charge in [-0.25, -0.2) is 4.98 Å². The molecule has 0 spiro atoms. The van der Waals surface area contributed by atoms with Crippen molar-refractivity contribution >= 4 is 0 Å².